The number of hydrogen-bond donors (Lipinski definition) is 1. The Morgan fingerprint density at radius 3 is 2.87 bits per heavy atom. The topological polar surface area (TPSA) is 68.0 Å². The van der Waals surface area contributed by atoms with Crippen molar-refractivity contribution in [2.45, 2.75) is 0 Å². The van der Waals surface area contributed by atoms with E-state index < -0.39 is 5.91 Å². The lowest BCUT2D eigenvalue weighted by molar-refractivity contribution is 0.0996. The molecule has 0 radical (unpaired) electrons. The molecule has 1 amide bonds. The van der Waals surface area contributed by atoms with E-state index in [1.165, 1.54) is 18.7 Å². The van der Waals surface area contributed by atoms with Crippen molar-refractivity contribution in [2.24, 2.45) is 0 Å². The van der Waals surface area contributed by atoms with Gasteiger partial charge in [0.1, 0.15) is 0 Å². The normalized spacial score (nSPS) is 9.93. The van der Waals surface area contributed by atoms with Crippen molar-refractivity contribution in [2.75, 3.05) is 5.32 Å². The maximum Gasteiger partial charge on any atom is 0.292 e. The third kappa shape index (κ3) is 2.13. The molecule has 1 N–H and O–H groups in total. The van der Waals surface area contributed by atoms with Gasteiger partial charge in [0, 0.05) is 12.4 Å². The molecule has 0 saturated carbocycles. The number of hydrogen-bond acceptors (Lipinski definition) is 4. The zero-order valence-electron chi connectivity index (χ0n) is 7.48. The van der Waals surface area contributed by atoms with E-state index in [0.29, 0.717) is 0 Å². The molecule has 2 rings (SSSR count). The summed E-state index contributed by atoms with van der Waals surface area (Å²) in [6, 6.07) is 3.16. The highest BCUT2D eigenvalue weighted by molar-refractivity contribution is 6.32. The smallest absolute Gasteiger partial charge is 0.292 e. The highest BCUT2D eigenvalue weighted by Gasteiger charge is 2.11. The second kappa shape index (κ2) is 4.10. The average Bonchev–Trinajstić information content (AvgIpc) is 2.74. The van der Waals surface area contributed by atoms with E-state index >= 15 is 0 Å². The molecule has 0 bridgehead atoms. The third-order valence-corrected chi connectivity index (χ3v) is 1.91. The van der Waals surface area contributed by atoms with Crippen LogP contribution in [0, 0.1) is 0 Å². The Labute approximate surface area is 90.1 Å². The monoisotopic (exact) mass is 223 g/mol. The van der Waals surface area contributed by atoms with Gasteiger partial charge in [-0.3, -0.25) is 4.79 Å². The van der Waals surface area contributed by atoms with Crippen LogP contribution in [-0.2, 0) is 0 Å². The van der Waals surface area contributed by atoms with Gasteiger partial charge in [-0.25, -0.2) is 9.97 Å². The molecule has 0 aliphatic heterocycles. The van der Waals surface area contributed by atoms with Crippen molar-refractivity contribution < 1.29 is 9.21 Å². The lowest BCUT2D eigenvalue weighted by Gasteiger charge is -2.02. The second-order valence-electron chi connectivity index (χ2n) is 2.63. The first-order valence-corrected chi connectivity index (χ1v) is 4.46. The first-order valence-electron chi connectivity index (χ1n) is 4.09. The van der Waals surface area contributed by atoms with E-state index in [2.05, 4.69) is 15.3 Å². The predicted molar refractivity (Wildman–Crippen MR) is 53.7 cm³/mol. The van der Waals surface area contributed by atoms with Crippen LogP contribution in [0.3, 0.4) is 0 Å². The van der Waals surface area contributed by atoms with Gasteiger partial charge in [-0.15, -0.1) is 0 Å². The molecule has 2 aromatic rings. The number of aromatic nitrogens is 2. The Bertz CT molecular complexity index is 470. The van der Waals surface area contributed by atoms with Gasteiger partial charge in [-0.2, -0.15) is 0 Å². The fourth-order valence-corrected chi connectivity index (χ4v) is 1.13. The standard InChI is InChI=1S/C9H6ClN3O2/c10-7-8(12-4-3-11-7)13-9(14)6-2-1-5-15-6/h1-5H,(H,12,13,14). The van der Waals surface area contributed by atoms with Crippen molar-refractivity contribution in [3.63, 3.8) is 0 Å². The van der Waals surface area contributed by atoms with Crippen LogP contribution in [0.15, 0.2) is 35.2 Å². The van der Waals surface area contributed by atoms with Gasteiger partial charge in [-0.05, 0) is 12.1 Å². The highest BCUT2D eigenvalue weighted by atomic mass is 35.5. The van der Waals surface area contributed by atoms with Crippen molar-refractivity contribution in [1.29, 1.82) is 0 Å². The maximum absolute atomic E-state index is 11.5. The van der Waals surface area contributed by atoms with Gasteiger partial charge in [0.25, 0.3) is 5.91 Å². The van der Waals surface area contributed by atoms with E-state index in [4.69, 9.17) is 16.0 Å². The van der Waals surface area contributed by atoms with Crippen LogP contribution in [-0.4, -0.2) is 15.9 Å². The molecule has 5 nitrogen and oxygen atoms in total. The number of rotatable bonds is 2. The molecule has 76 valence electrons. The minimum atomic E-state index is -0.414. The van der Waals surface area contributed by atoms with Crippen LogP contribution in [0.1, 0.15) is 10.6 Å². The molecule has 0 spiro atoms. The highest BCUT2D eigenvalue weighted by Crippen LogP contribution is 2.15. The number of carbonyl (C=O) groups is 1. The van der Waals surface area contributed by atoms with Gasteiger partial charge in [-0.1, -0.05) is 11.6 Å². The molecule has 6 heteroatoms. The van der Waals surface area contributed by atoms with Crippen molar-refractivity contribution in [3.05, 3.63) is 41.7 Å². The van der Waals surface area contributed by atoms with E-state index in [9.17, 15) is 4.79 Å². The summed E-state index contributed by atoms with van der Waals surface area (Å²) < 4.78 is 4.90. The molecule has 2 aromatic heterocycles. The second-order valence-corrected chi connectivity index (χ2v) is 2.99. The zero-order chi connectivity index (χ0) is 10.7. The van der Waals surface area contributed by atoms with Crippen LogP contribution in [0.5, 0.6) is 0 Å². The number of amides is 1. The van der Waals surface area contributed by atoms with Crippen LogP contribution in [0.4, 0.5) is 5.82 Å². The van der Waals surface area contributed by atoms with Crippen molar-refractivity contribution in [3.8, 4) is 0 Å². The fourth-order valence-electron chi connectivity index (χ4n) is 0.982. The molecule has 0 aliphatic carbocycles. The summed E-state index contributed by atoms with van der Waals surface area (Å²) in [7, 11) is 0. The molecular weight excluding hydrogens is 218 g/mol. The predicted octanol–water partition coefficient (Wildman–Crippen LogP) is 1.98. The number of nitrogens with one attached hydrogen (secondary N) is 1. The molecule has 0 fully saturated rings. The Balaban J connectivity index is 2.17. The molecule has 0 atom stereocenters. The molecule has 0 saturated heterocycles. The molecule has 0 aliphatic rings. The Hall–Kier alpha value is -1.88. The summed E-state index contributed by atoms with van der Waals surface area (Å²) in [6.45, 7) is 0. The van der Waals surface area contributed by atoms with Crippen molar-refractivity contribution >= 4 is 23.3 Å². The Morgan fingerprint density at radius 1 is 1.40 bits per heavy atom. The van der Waals surface area contributed by atoms with Gasteiger partial charge >= 0.3 is 0 Å². The molecule has 0 aromatic carbocycles. The van der Waals surface area contributed by atoms with E-state index in [0.717, 1.165) is 0 Å². The summed E-state index contributed by atoms with van der Waals surface area (Å²) in [5.74, 6) is -0.0142. The maximum atomic E-state index is 11.5. The quantitative estimate of drug-likeness (QED) is 0.845. The number of nitrogens with zero attached hydrogens (tertiary/aromatic N) is 2. The lowest BCUT2D eigenvalue weighted by Crippen LogP contribution is -2.12. The Kier molecular flexibility index (Phi) is 2.64. The molecule has 0 unspecified atom stereocenters. The zero-order valence-corrected chi connectivity index (χ0v) is 8.23. The summed E-state index contributed by atoms with van der Waals surface area (Å²) in [4.78, 5) is 19.1. The summed E-state index contributed by atoms with van der Waals surface area (Å²) in [6.07, 6.45) is 4.28. The molecule has 2 heterocycles. The average molecular weight is 224 g/mol. The van der Waals surface area contributed by atoms with Gasteiger partial charge in [0.15, 0.2) is 16.7 Å². The van der Waals surface area contributed by atoms with Gasteiger partial charge in [0.2, 0.25) is 0 Å². The number of halogens is 1. The summed E-state index contributed by atoms with van der Waals surface area (Å²) in [5.41, 5.74) is 0. The fraction of sp³-hybridized carbons (Fsp3) is 0. The molecular formula is C9H6ClN3O2. The first-order chi connectivity index (χ1) is 7.27. The number of furan rings is 1. The minimum Gasteiger partial charge on any atom is -0.459 e. The number of anilines is 1. The first kappa shape index (κ1) is 9.67. The summed E-state index contributed by atoms with van der Waals surface area (Å²) in [5, 5.41) is 2.61. The molecule has 15 heavy (non-hydrogen) atoms. The lowest BCUT2D eigenvalue weighted by atomic mass is 10.4. The van der Waals surface area contributed by atoms with Gasteiger partial charge < -0.3 is 9.73 Å². The van der Waals surface area contributed by atoms with E-state index in [1.807, 2.05) is 0 Å². The number of carbonyl (C=O) groups excluding carboxylic acids is 1. The van der Waals surface area contributed by atoms with Crippen LogP contribution in [0.25, 0.3) is 0 Å². The Morgan fingerprint density at radius 2 is 2.20 bits per heavy atom. The SMILES string of the molecule is O=C(Nc1nccnc1Cl)c1ccco1. The van der Waals surface area contributed by atoms with E-state index in [1.54, 1.807) is 12.1 Å². The van der Waals surface area contributed by atoms with Crippen LogP contribution < -0.4 is 5.32 Å². The third-order valence-electron chi connectivity index (χ3n) is 1.63. The van der Waals surface area contributed by atoms with Crippen molar-refractivity contribution in [1.82, 2.24) is 9.97 Å². The van der Waals surface area contributed by atoms with E-state index in [-0.39, 0.29) is 16.7 Å². The minimum absolute atomic E-state index is 0.136. The van der Waals surface area contributed by atoms with Crippen LogP contribution >= 0.6 is 11.6 Å². The summed E-state index contributed by atoms with van der Waals surface area (Å²) >= 11 is 5.71. The largest absolute Gasteiger partial charge is 0.459 e. The van der Waals surface area contributed by atoms with Gasteiger partial charge in [0.05, 0.1) is 6.26 Å². The van der Waals surface area contributed by atoms with Crippen LogP contribution in [0.2, 0.25) is 5.15 Å².